The van der Waals surface area contributed by atoms with Gasteiger partial charge >= 0.3 is 0 Å². The maximum absolute atomic E-state index is 11.9. The Morgan fingerprint density at radius 3 is 2.83 bits per heavy atom. The highest BCUT2D eigenvalue weighted by molar-refractivity contribution is 7.91. The maximum Gasteiger partial charge on any atom is 0.223 e. The molecule has 7 heteroatoms. The van der Waals surface area contributed by atoms with Crippen molar-refractivity contribution in [2.75, 3.05) is 44.9 Å². The Bertz CT molecular complexity index is 369. The molecule has 0 aromatic heterocycles. The van der Waals surface area contributed by atoms with E-state index < -0.39 is 9.84 Å². The van der Waals surface area contributed by atoms with Gasteiger partial charge in [0.05, 0.1) is 18.1 Å². The average molecular weight is 278 g/mol. The van der Waals surface area contributed by atoms with Crippen molar-refractivity contribution < 1.29 is 17.9 Å². The molecule has 1 amide bonds. The van der Waals surface area contributed by atoms with Gasteiger partial charge in [0.15, 0.2) is 9.84 Å². The molecule has 0 aromatic rings. The Morgan fingerprint density at radius 1 is 1.50 bits per heavy atom. The molecule has 18 heavy (non-hydrogen) atoms. The molecule has 6 nitrogen and oxygen atoms in total. The fourth-order valence-electron chi connectivity index (χ4n) is 1.84. The van der Waals surface area contributed by atoms with Gasteiger partial charge in [-0.1, -0.05) is 0 Å². The molecule has 1 fully saturated rings. The largest absolute Gasteiger partial charge is 0.380 e. The number of hydrogen-bond acceptors (Lipinski definition) is 5. The lowest BCUT2D eigenvalue weighted by atomic mass is 10.2. The van der Waals surface area contributed by atoms with E-state index in [1.807, 2.05) is 6.92 Å². The summed E-state index contributed by atoms with van der Waals surface area (Å²) in [6, 6.07) is -0.259. The quantitative estimate of drug-likeness (QED) is 0.648. The fraction of sp³-hybridized carbons (Fsp3) is 0.909. The molecular formula is C11H22N2O4S. The third kappa shape index (κ3) is 5.32. The Kier molecular flexibility index (Phi) is 6.04. The lowest BCUT2D eigenvalue weighted by Crippen LogP contribution is -2.47. The summed E-state index contributed by atoms with van der Waals surface area (Å²) >= 11 is 0. The number of ether oxygens (including phenoxy) is 1. The summed E-state index contributed by atoms with van der Waals surface area (Å²) in [6.07, 6.45) is 0.224. The zero-order valence-electron chi connectivity index (χ0n) is 11.0. The SMILES string of the molecule is CCOCCN(C)C(=O)CC1CS(=O)(=O)CCN1. The number of nitrogens with zero attached hydrogens (tertiary/aromatic N) is 1. The Balaban J connectivity index is 2.35. The number of sulfone groups is 1. The van der Waals surface area contributed by atoms with Crippen LogP contribution in [0.25, 0.3) is 0 Å². The standard InChI is InChI=1S/C11H22N2O4S/c1-3-17-6-5-13(2)11(14)8-10-9-18(15,16)7-4-12-10/h10,12H,3-9H2,1-2H3. The van der Waals surface area contributed by atoms with E-state index in [4.69, 9.17) is 4.74 Å². The molecule has 1 unspecified atom stereocenters. The highest BCUT2D eigenvalue weighted by Crippen LogP contribution is 2.06. The van der Waals surface area contributed by atoms with Crippen LogP contribution >= 0.6 is 0 Å². The van der Waals surface area contributed by atoms with Gasteiger partial charge in [0, 0.05) is 39.2 Å². The molecule has 0 bridgehead atoms. The molecule has 1 N–H and O–H groups in total. The van der Waals surface area contributed by atoms with Gasteiger partial charge in [0.25, 0.3) is 0 Å². The van der Waals surface area contributed by atoms with Gasteiger partial charge in [-0.2, -0.15) is 0 Å². The summed E-state index contributed by atoms with van der Waals surface area (Å²) in [4.78, 5) is 13.4. The first-order chi connectivity index (χ1) is 8.44. The van der Waals surface area contributed by atoms with Crippen LogP contribution in [0.1, 0.15) is 13.3 Å². The first kappa shape index (κ1) is 15.4. The van der Waals surface area contributed by atoms with Gasteiger partial charge in [-0.3, -0.25) is 4.79 Å². The molecule has 0 radical (unpaired) electrons. The number of likely N-dealkylation sites (N-methyl/N-ethyl adjacent to an activating group) is 1. The summed E-state index contributed by atoms with van der Waals surface area (Å²) in [5.41, 5.74) is 0. The normalized spacial score (nSPS) is 22.7. The highest BCUT2D eigenvalue weighted by atomic mass is 32.2. The molecule has 0 saturated carbocycles. The molecule has 0 aromatic carbocycles. The number of carbonyl (C=O) groups excluding carboxylic acids is 1. The van der Waals surface area contributed by atoms with Crippen LogP contribution in [0.2, 0.25) is 0 Å². The van der Waals surface area contributed by atoms with Crippen LogP contribution in [0.3, 0.4) is 0 Å². The van der Waals surface area contributed by atoms with Crippen molar-refractivity contribution in [1.29, 1.82) is 0 Å². The minimum Gasteiger partial charge on any atom is -0.380 e. The lowest BCUT2D eigenvalue weighted by Gasteiger charge is -2.25. The molecule has 0 aliphatic carbocycles. The van der Waals surface area contributed by atoms with E-state index in [0.29, 0.717) is 26.3 Å². The van der Waals surface area contributed by atoms with Crippen molar-refractivity contribution in [2.24, 2.45) is 0 Å². The van der Waals surface area contributed by atoms with Crippen LogP contribution in [-0.4, -0.2) is 70.1 Å². The van der Waals surface area contributed by atoms with Crippen molar-refractivity contribution in [3.63, 3.8) is 0 Å². The lowest BCUT2D eigenvalue weighted by molar-refractivity contribution is -0.131. The van der Waals surface area contributed by atoms with Gasteiger partial charge in [-0.05, 0) is 6.92 Å². The number of carbonyl (C=O) groups is 1. The van der Waals surface area contributed by atoms with E-state index >= 15 is 0 Å². The molecule has 1 atom stereocenters. The molecule has 106 valence electrons. The van der Waals surface area contributed by atoms with Crippen molar-refractivity contribution >= 4 is 15.7 Å². The second-order valence-corrected chi connectivity index (χ2v) is 6.71. The second kappa shape index (κ2) is 7.06. The van der Waals surface area contributed by atoms with Crippen molar-refractivity contribution in [3.05, 3.63) is 0 Å². The number of rotatable bonds is 6. The third-order valence-corrected chi connectivity index (χ3v) is 4.66. The predicted molar refractivity (Wildman–Crippen MR) is 69.2 cm³/mol. The molecule has 0 spiro atoms. The summed E-state index contributed by atoms with van der Waals surface area (Å²) in [5.74, 6) is 0.167. The van der Waals surface area contributed by atoms with Gasteiger partial charge in [0.1, 0.15) is 0 Å². The minimum atomic E-state index is -2.98. The molecule has 1 aliphatic rings. The van der Waals surface area contributed by atoms with E-state index in [9.17, 15) is 13.2 Å². The fourth-order valence-corrected chi connectivity index (χ4v) is 3.28. The molecule has 1 rings (SSSR count). The van der Waals surface area contributed by atoms with Crippen LogP contribution in [-0.2, 0) is 19.4 Å². The highest BCUT2D eigenvalue weighted by Gasteiger charge is 2.26. The number of hydrogen-bond donors (Lipinski definition) is 1. The van der Waals surface area contributed by atoms with E-state index in [1.54, 1.807) is 11.9 Å². The van der Waals surface area contributed by atoms with Gasteiger partial charge in [0.2, 0.25) is 5.91 Å². The smallest absolute Gasteiger partial charge is 0.223 e. The van der Waals surface area contributed by atoms with E-state index in [2.05, 4.69) is 5.32 Å². The summed E-state index contributed by atoms with van der Waals surface area (Å²) in [5, 5.41) is 3.07. The molecule has 1 aliphatic heterocycles. The Morgan fingerprint density at radius 2 is 2.22 bits per heavy atom. The molecule has 1 heterocycles. The zero-order chi connectivity index (χ0) is 13.6. The van der Waals surface area contributed by atoms with Crippen molar-refractivity contribution in [3.8, 4) is 0 Å². The first-order valence-corrected chi connectivity index (χ1v) is 8.02. The van der Waals surface area contributed by atoms with E-state index in [0.717, 1.165) is 0 Å². The maximum atomic E-state index is 11.9. The number of amides is 1. The van der Waals surface area contributed by atoms with Crippen LogP contribution in [0.5, 0.6) is 0 Å². The Labute approximate surface area is 109 Å². The monoisotopic (exact) mass is 278 g/mol. The minimum absolute atomic E-state index is 0.0516. The first-order valence-electron chi connectivity index (χ1n) is 6.20. The van der Waals surface area contributed by atoms with Crippen LogP contribution < -0.4 is 5.32 Å². The average Bonchev–Trinajstić information content (AvgIpc) is 2.27. The van der Waals surface area contributed by atoms with E-state index in [-0.39, 0.29) is 29.9 Å². The van der Waals surface area contributed by atoms with Gasteiger partial charge in [-0.25, -0.2) is 8.42 Å². The summed E-state index contributed by atoms with van der Waals surface area (Å²) in [7, 11) is -1.28. The van der Waals surface area contributed by atoms with Crippen LogP contribution in [0, 0.1) is 0 Å². The summed E-state index contributed by atoms with van der Waals surface area (Å²) in [6.45, 7) is 4.01. The molecular weight excluding hydrogens is 256 g/mol. The van der Waals surface area contributed by atoms with Gasteiger partial charge in [-0.15, -0.1) is 0 Å². The van der Waals surface area contributed by atoms with Crippen LogP contribution in [0.15, 0.2) is 0 Å². The number of nitrogens with one attached hydrogen (secondary N) is 1. The topological polar surface area (TPSA) is 75.7 Å². The van der Waals surface area contributed by atoms with Crippen molar-refractivity contribution in [1.82, 2.24) is 10.2 Å². The second-order valence-electron chi connectivity index (χ2n) is 4.48. The van der Waals surface area contributed by atoms with E-state index in [1.165, 1.54) is 0 Å². The van der Waals surface area contributed by atoms with Crippen LogP contribution in [0.4, 0.5) is 0 Å². The van der Waals surface area contributed by atoms with Gasteiger partial charge < -0.3 is 15.0 Å². The Hall–Kier alpha value is -0.660. The predicted octanol–water partition coefficient (Wildman–Crippen LogP) is -0.742. The van der Waals surface area contributed by atoms with Crippen molar-refractivity contribution in [2.45, 2.75) is 19.4 Å². The molecule has 1 saturated heterocycles. The summed E-state index contributed by atoms with van der Waals surface area (Å²) < 4.78 is 28.0. The third-order valence-electron chi connectivity index (χ3n) is 2.92. The zero-order valence-corrected chi connectivity index (χ0v) is 11.8.